The third-order valence-corrected chi connectivity index (χ3v) is 6.32. The number of nitrogens with zero attached hydrogens (tertiary/aromatic N) is 4. The Hall–Kier alpha value is -3.04. The lowest BCUT2D eigenvalue weighted by atomic mass is 9.97. The highest BCUT2D eigenvalue weighted by atomic mass is 32.1. The number of aromatic nitrogens is 3. The van der Waals surface area contributed by atoms with Crippen molar-refractivity contribution in [2.24, 2.45) is 11.7 Å². The molecule has 2 amide bonds. The first-order valence-corrected chi connectivity index (χ1v) is 11.3. The van der Waals surface area contributed by atoms with Crippen LogP contribution in [0.3, 0.4) is 0 Å². The SMILES string of the molecule is NC(=O)C1CCCN(CCCNC(=O)c2csc(-c3cnn(-c4ccccc4)c3)n2)C1. The highest BCUT2D eigenvalue weighted by Crippen LogP contribution is 2.24. The van der Waals surface area contributed by atoms with Crippen molar-refractivity contribution >= 4 is 23.2 Å². The van der Waals surface area contributed by atoms with Gasteiger partial charge in [0.15, 0.2) is 0 Å². The van der Waals surface area contributed by atoms with Crippen LogP contribution in [0.25, 0.3) is 16.3 Å². The number of hydrogen-bond donors (Lipinski definition) is 2. The zero-order chi connectivity index (χ0) is 21.6. The van der Waals surface area contributed by atoms with Crippen LogP contribution in [0.1, 0.15) is 29.8 Å². The average molecular weight is 439 g/mol. The van der Waals surface area contributed by atoms with Gasteiger partial charge in [-0.15, -0.1) is 11.3 Å². The van der Waals surface area contributed by atoms with Crippen LogP contribution < -0.4 is 11.1 Å². The molecule has 162 valence electrons. The molecule has 8 nitrogen and oxygen atoms in total. The summed E-state index contributed by atoms with van der Waals surface area (Å²) < 4.78 is 1.79. The van der Waals surface area contributed by atoms with Gasteiger partial charge >= 0.3 is 0 Å². The molecular weight excluding hydrogens is 412 g/mol. The molecule has 3 N–H and O–H groups in total. The molecule has 1 aliphatic heterocycles. The number of nitrogens with one attached hydrogen (secondary N) is 1. The van der Waals surface area contributed by atoms with E-state index in [1.807, 2.05) is 36.5 Å². The Labute approximate surface area is 185 Å². The van der Waals surface area contributed by atoms with E-state index in [9.17, 15) is 9.59 Å². The second-order valence-corrected chi connectivity index (χ2v) is 8.56. The van der Waals surface area contributed by atoms with Gasteiger partial charge in [-0.2, -0.15) is 5.10 Å². The molecule has 0 aliphatic carbocycles. The number of hydrogen-bond acceptors (Lipinski definition) is 6. The van der Waals surface area contributed by atoms with Crippen LogP contribution >= 0.6 is 11.3 Å². The fraction of sp³-hybridized carbons (Fsp3) is 0.364. The molecule has 1 unspecified atom stereocenters. The van der Waals surface area contributed by atoms with Gasteiger partial charge in [0.1, 0.15) is 10.7 Å². The van der Waals surface area contributed by atoms with Crippen molar-refractivity contribution in [2.45, 2.75) is 19.3 Å². The predicted octanol–water partition coefficient (Wildman–Crippen LogP) is 2.31. The van der Waals surface area contributed by atoms with Crippen LogP contribution in [0.2, 0.25) is 0 Å². The normalized spacial score (nSPS) is 16.8. The van der Waals surface area contributed by atoms with Crippen molar-refractivity contribution < 1.29 is 9.59 Å². The summed E-state index contributed by atoms with van der Waals surface area (Å²) in [5.41, 5.74) is 7.69. The van der Waals surface area contributed by atoms with Crippen molar-refractivity contribution in [3.8, 4) is 16.3 Å². The van der Waals surface area contributed by atoms with Gasteiger partial charge in [0.25, 0.3) is 5.91 Å². The van der Waals surface area contributed by atoms with Gasteiger partial charge in [0.05, 0.1) is 17.8 Å². The van der Waals surface area contributed by atoms with Crippen molar-refractivity contribution in [1.29, 1.82) is 0 Å². The molecule has 1 saturated heterocycles. The molecule has 0 saturated carbocycles. The minimum atomic E-state index is -0.216. The second-order valence-electron chi connectivity index (χ2n) is 7.70. The average Bonchev–Trinajstić information content (AvgIpc) is 3.47. The van der Waals surface area contributed by atoms with Gasteiger partial charge in [-0.3, -0.25) is 9.59 Å². The number of rotatable bonds is 8. The second kappa shape index (κ2) is 9.84. The summed E-state index contributed by atoms with van der Waals surface area (Å²) >= 11 is 1.43. The summed E-state index contributed by atoms with van der Waals surface area (Å²) in [6.45, 7) is 3.10. The molecule has 4 rings (SSSR count). The van der Waals surface area contributed by atoms with E-state index < -0.39 is 0 Å². The molecule has 0 spiro atoms. The lowest BCUT2D eigenvalue weighted by molar-refractivity contribution is -0.123. The Morgan fingerprint density at radius 2 is 2.10 bits per heavy atom. The maximum Gasteiger partial charge on any atom is 0.270 e. The van der Waals surface area contributed by atoms with Gasteiger partial charge < -0.3 is 16.0 Å². The molecule has 31 heavy (non-hydrogen) atoms. The lowest BCUT2D eigenvalue weighted by Gasteiger charge is -2.31. The van der Waals surface area contributed by atoms with Gasteiger partial charge in [-0.05, 0) is 44.5 Å². The lowest BCUT2D eigenvalue weighted by Crippen LogP contribution is -2.42. The summed E-state index contributed by atoms with van der Waals surface area (Å²) in [6.07, 6.45) is 6.35. The van der Waals surface area contributed by atoms with E-state index in [1.54, 1.807) is 16.3 Å². The van der Waals surface area contributed by atoms with Crippen LogP contribution in [0.4, 0.5) is 0 Å². The summed E-state index contributed by atoms with van der Waals surface area (Å²) in [5, 5.41) is 9.85. The van der Waals surface area contributed by atoms with Crippen molar-refractivity contribution in [1.82, 2.24) is 25.0 Å². The molecule has 1 fully saturated rings. The number of piperidine rings is 1. The fourth-order valence-corrected chi connectivity index (χ4v) is 4.53. The number of para-hydroxylation sites is 1. The quantitative estimate of drug-likeness (QED) is 0.525. The van der Waals surface area contributed by atoms with E-state index in [-0.39, 0.29) is 17.7 Å². The van der Waals surface area contributed by atoms with E-state index in [0.717, 1.165) is 55.2 Å². The number of carbonyl (C=O) groups excluding carboxylic acids is 2. The minimum absolute atomic E-state index is 0.0528. The molecule has 2 aromatic heterocycles. The van der Waals surface area contributed by atoms with Crippen LogP contribution in [0.5, 0.6) is 0 Å². The van der Waals surface area contributed by atoms with Crippen LogP contribution in [-0.2, 0) is 4.79 Å². The van der Waals surface area contributed by atoms with Gasteiger partial charge in [-0.1, -0.05) is 18.2 Å². The zero-order valence-electron chi connectivity index (χ0n) is 17.2. The molecule has 0 bridgehead atoms. The topological polar surface area (TPSA) is 106 Å². The van der Waals surface area contributed by atoms with Gasteiger partial charge in [-0.25, -0.2) is 9.67 Å². The van der Waals surface area contributed by atoms with E-state index in [0.29, 0.717) is 12.2 Å². The summed E-state index contributed by atoms with van der Waals surface area (Å²) in [6, 6.07) is 9.85. The smallest absolute Gasteiger partial charge is 0.270 e. The van der Waals surface area contributed by atoms with Crippen molar-refractivity contribution in [3.63, 3.8) is 0 Å². The molecule has 1 aromatic carbocycles. The molecule has 0 radical (unpaired) electrons. The first kappa shape index (κ1) is 21.2. The summed E-state index contributed by atoms with van der Waals surface area (Å²) in [4.78, 5) is 30.6. The Balaban J connectivity index is 1.26. The molecule has 1 aliphatic rings. The number of benzene rings is 1. The Bertz CT molecular complexity index is 1030. The largest absolute Gasteiger partial charge is 0.369 e. The van der Waals surface area contributed by atoms with Crippen LogP contribution in [0, 0.1) is 5.92 Å². The number of amides is 2. The maximum absolute atomic E-state index is 12.4. The van der Waals surface area contributed by atoms with Crippen LogP contribution in [-0.4, -0.2) is 57.7 Å². The van der Waals surface area contributed by atoms with Crippen LogP contribution in [0.15, 0.2) is 48.1 Å². The molecule has 1 atom stereocenters. The Kier molecular flexibility index (Phi) is 6.73. The van der Waals surface area contributed by atoms with Gasteiger partial charge in [0.2, 0.25) is 5.91 Å². The van der Waals surface area contributed by atoms with E-state index >= 15 is 0 Å². The maximum atomic E-state index is 12.4. The Morgan fingerprint density at radius 3 is 2.90 bits per heavy atom. The van der Waals surface area contributed by atoms with E-state index in [4.69, 9.17) is 5.73 Å². The van der Waals surface area contributed by atoms with E-state index in [2.05, 4.69) is 20.3 Å². The highest BCUT2D eigenvalue weighted by Gasteiger charge is 2.23. The molecule has 3 aromatic rings. The first-order chi connectivity index (χ1) is 15.1. The number of likely N-dealkylation sites (tertiary alicyclic amines) is 1. The minimum Gasteiger partial charge on any atom is -0.369 e. The third-order valence-electron chi connectivity index (χ3n) is 5.43. The summed E-state index contributed by atoms with van der Waals surface area (Å²) in [7, 11) is 0. The summed E-state index contributed by atoms with van der Waals surface area (Å²) in [5.74, 6) is -0.443. The first-order valence-electron chi connectivity index (χ1n) is 10.5. The zero-order valence-corrected chi connectivity index (χ0v) is 18.1. The molecule has 3 heterocycles. The van der Waals surface area contributed by atoms with E-state index in [1.165, 1.54) is 11.3 Å². The number of carbonyl (C=O) groups is 2. The third kappa shape index (κ3) is 5.36. The fourth-order valence-electron chi connectivity index (χ4n) is 3.75. The number of nitrogens with two attached hydrogens (primary N) is 1. The molecule has 9 heteroatoms. The monoisotopic (exact) mass is 438 g/mol. The van der Waals surface area contributed by atoms with Crippen molar-refractivity contribution in [2.75, 3.05) is 26.2 Å². The van der Waals surface area contributed by atoms with Crippen molar-refractivity contribution in [3.05, 3.63) is 53.8 Å². The predicted molar refractivity (Wildman–Crippen MR) is 120 cm³/mol. The molecular formula is C22H26N6O2S. The number of primary amides is 1. The standard InChI is InChI=1S/C22H26N6O2S/c23-20(29)16-6-4-10-27(13-16)11-5-9-24-21(30)19-15-31-22(26-19)17-12-25-28(14-17)18-7-2-1-3-8-18/h1-3,7-8,12,14-16H,4-6,9-11,13H2,(H2,23,29)(H,24,30). The number of thiazole rings is 1. The van der Waals surface area contributed by atoms with Gasteiger partial charge in [0, 0.05) is 30.2 Å². The Morgan fingerprint density at radius 1 is 1.26 bits per heavy atom. The highest BCUT2D eigenvalue weighted by molar-refractivity contribution is 7.13.